The van der Waals surface area contributed by atoms with Crippen LogP contribution in [0.3, 0.4) is 0 Å². The van der Waals surface area contributed by atoms with Gasteiger partial charge in [-0.05, 0) is 0 Å². The van der Waals surface area contributed by atoms with Crippen molar-refractivity contribution in [3.8, 4) is 0 Å². The fourth-order valence-corrected chi connectivity index (χ4v) is 0.876. The second-order valence-corrected chi connectivity index (χ2v) is 3.05. The summed E-state index contributed by atoms with van der Waals surface area (Å²) in [5.41, 5.74) is 0. The summed E-state index contributed by atoms with van der Waals surface area (Å²) < 4.78 is 51.6. The second-order valence-electron chi connectivity index (χ2n) is 1.57. The number of esters is 1. The van der Waals surface area contributed by atoms with Gasteiger partial charge in [-0.2, -0.15) is 8.42 Å². The van der Waals surface area contributed by atoms with Gasteiger partial charge in [0.1, 0.15) is 0 Å². The summed E-state index contributed by atoms with van der Waals surface area (Å²) in [6.45, 7) is 0. The first-order chi connectivity index (χ1) is 6.45. The molecule has 0 fully saturated rings. The molecule has 0 bridgehead atoms. The lowest BCUT2D eigenvalue weighted by molar-refractivity contribution is -0.487. The number of carbonyl (C=O) groups is 1. The third-order valence-corrected chi connectivity index (χ3v) is 1.70. The van der Waals surface area contributed by atoms with Gasteiger partial charge in [0.05, 0.1) is 16.1 Å². The van der Waals surface area contributed by atoms with Crippen LogP contribution in [0.1, 0.15) is 4.11 Å². The van der Waals surface area contributed by atoms with E-state index in [4.69, 9.17) is 8.67 Å². The van der Waals surface area contributed by atoms with Gasteiger partial charge >= 0.3 is 21.5 Å². The molecular weight excluding hydrogens is 194 g/mol. The van der Waals surface area contributed by atoms with Crippen molar-refractivity contribution in [3.05, 3.63) is 10.1 Å². The molecule has 0 aromatic heterocycles. The van der Waals surface area contributed by atoms with E-state index in [1.54, 1.807) is 0 Å². The predicted octanol–water partition coefficient (Wildman–Crippen LogP) is -1.35. The summed E-state index contributed by atoms with van der Waals surface area (Å²) in [5.74, 6) is -2.18. The van der Waals surface area contributed by atoms with Gasteiger partial charge in [0.15, 0.2) is 0 Å². The Kier molecular flexibility index (Phi) is 1.82. The van der Waals surface area contributed by atoms with Crippen molar-refractivity contribution in [1.82, 2.24) is 0 Å². The van der Waals surface area contributed by atoms with Crippen molar-refractivity contribution in [3.63, 3.8) is 0 Å². The first-order valence-corrected chi connectivity index (χ1v) is 3.78. The summed E-state index contributed by atoms with van der Waals surface area (Å²) in [7, 11) is -8.68. The fraction of sp³-hybridized carbons (Fsp3) is 0.667. The van der Waals surface area contributed by atoms with Crippen LogP contribution in [0.2, 0.25) is 0 Å². The quantitative estimate of drug-likeness (QED) is 0.259. The van der Waals surface area contributed by atoms with E-state index in [1.807, 2.05) is 0 Å². The van der Waals surface area contributed by atoms with Crippen LogP contribution in [0.25, 0.3) is 0 Å². The smallest absolute Gasteiger partial charge is 0.428 e. The maximum Gasteiger partial charge on any atom is 0.428 e. The van der Waals surface area contributed by atoms with Crippen molar-refractivity contribution in [1.29, 1.82) is 0 Å². The van der Waals surface area contributed by atoms with Crippen LogP contribution < -0.4 is 0 Å². The van der Waals surface area contributed by atoms with E-state index in [9.17, 15) is 23.3 Å². The minimum Gasteiger partial charge on any atom is -0.463 e. The van der Waals surface area contributed by atoms with Crippen molar-refractivity contribution in [2.24, 2.45) is 0 Å². The zero-order valence-electron chi connectivity index (χ0n) is 8.33. The van der Waals surface area contributed by atoms with Crippen LogP contribution in [0.4, 0.5) is 0 Å². The van der Waals surface area contributed by atoms with Crippen LogP contribution in [0.15, 0.2) is 0 Å². The van der Waals surface area contributed by atoms with Gasteiger partial charge in [-0.1, -0.05) is 0 Å². The highest BCUT2D eigenvalue weighted by Gasteiger charge is 2.43. The lowest BCUT2D eigenvalue weighted by atomic mass is 10.7. The van der Waals surface area contributed by atoms with Gasteiger partial charge in [-0.3, -0.25) is 14.7 Å². The lowest BCUT2D eigenvalue weighted by Gasteiger charge is -2.02. The first kappa shape index (κ1) is 6.31. The number of hydrogen-bond acceptors (Lipinski definition) is 6. The molecule has 0 rings (SSSR count). The highest BCUT2D eigenvalue weighted by molar-refractivity contribution is 7.87. The van der Waals surface area contributed by atoms with E-state index in [1.165, 1.54) is 0 Å². The third kappa shape index (κ3) is 2.43. The molecule has 0 aliphatic heterocycles. The number of carbonyl (C=O) groups excluding carboxylic acids is 1. The number of nitro groups is 1. The summed E-state index contributed by atoms with van der Waals surface area (Å²) in [4.78, 5) is 19.1. The number of nitrogens with zero attached hydrogens (tertiary/aromatic N) is 1. The van der Waals surface area contributed by atoms with Crippen LogP contribution in [0, 0.1) is 10.1 Å². The fourth-order valence-electron chi connectivity index (χ4n) is 0.367. The molecular formula is C3H5NO7S. The molecule has 0 amide bonds. The predicted molar refractivity (Wildman–Crippen MR) is 34.3 cm³/mol. The van der Waals surface area contributed by atoms with E-state index in [-0.39, 0.29) is 0 Å². The number of rotatable bonds is 3. The van der Waals surface area contributed by atoms with Crippen LogP contribution in [0.5, 0.6) is 0 Å². The highest BCUT2D eigenvalue weighted by atomic mass is 32.2. The van der Waals surface area contributed by atoms with Gasteiger partial charge < -0.3 is 4.74 Å². The van der Waals surface area contributed by atoms with Gasteiger partial charge in [0, 0.05) is 0 Å². The van der Waals surface area contributed by atoms with Gasteiger partial charge in [-0.15, -0.1) is 0 Å². The molecule has 0 saturated heterocycles. The molecule has 1 N–H and O–H groups in total. The van der Waals surface area contributed by atoms with Crippen molar-refractivity contribution < 1.29 is 31.5 Å². The molecule has 0 aliphatic carbocycles. The number of hydrogen-bond donors (Lipinski definition) is 1. The molecule has 1 unspecified atom stereocenters. The molecule has 12 heavy (non-hydrogen) atoms. The Balaban J connectivity index is 5.00. The number of methoxy groups -OCH3 is 1. The van der Waals surface area contributed by atoms with E-state index in [0.717, 1.165) is 0 Å². The molecule has 0 aromatic rings. The van der Waals surface area contributed by atoms with Crippen LogP contribution >= 0.6 is 0 Å². The topological polar surface area (TPSA) is 124 Å². The van der Waals surface area contributed by atoms with Gasteiger partial charge in [-0.25, -0.2) is 4.79 Å². The zero-order chi connectivity index (χ0) is 12.4. The maximum atomic E-state index is 10.7. The van der Waals surface area contributed by atoms with E-state index in [0.29, 0.717) is 0 Å². The minimum absolute atomic E-state index is 1.68. The molecule has 0 radical (unpaired) electrons. The lowest BCUT2D eigenvalue weighted by Crippen LogP contribution is -2.37. The largest absolute Gasteiger partial charge is 0.463 e. The average Bonchev–Trinajstić information content (AvgIpc) is 1.74. The Bertz CT molecular complexity index is 371. The Labute approximate surface area is 71.2 Å². The number of ether oxygens (including phenoxy) is 1. The summed E-state index contributed by atoms with van der Waals surface area (Å²) >= 11 is 0. The molecule has 9 heteroatoms. The molecule has 1 atom stereocenters. The summed E-state index contributed by atoms with van der Waals surface area (Å²) in [6.07, 6.45) is 0. The van der Waals surface area contributed by atoms with E-state index < -0.39 is 33.4 Å². The first-order valence-electron chi connectivity index (χ1n) is 3.78. The van der Waals surface area contributed by atoms with Crippen LogP contribution in [-0.4, -0.2) is 36.3 Å². The van der Waals surface area contributed by atoms with E-state index in [2.05, 4.69) is 4.74 Å². The molecule has 0 spiro atoms. The molecule has 8 nitrogen and oxygen atoms in total. The highest BCUT2D eigenvalue weighted by Crippen LogP contribution is 2.01. The maximum absolute atomic E-state index is 10.7. The Morgan fingerprint density at radius 2 is 2.33 bits per heavy atom. The summed E-state index contributed by atoms with van der Waals surface area (Å²) in [5, 5.41) is 6.90. The standard InChI is InChI=1S/C3H5NO7S/c1-11-3(5)2(4(6)7)12(8,9)10/h2H,1H3,(H,8,9,10)/i1D3. The monoisotopic (exact) mass is 202 g/mol. The SMILES string of the molecule is [2H]C([2H])([2H])OC(=O)C([N+](=O)[O-])S(=O)(=O)O. The molecule has 0 aliphatic rings. The zero-order valence-corrected chi connectivity index (χ0v) is 6.15. The molecule has 0 aromatic carbocycles. The molecule has 0 saturated carbocycles. The Hall–Kier alpha value is -1.22. The van der Waals surface area contributed by atoms with Gasteiger partial charge in [0.2, 0.25) is 0 Å². The molecule has 0 heterocycles. The van der Waals surface area contributed by atoms with Gasteiger partial charge in [0.25, 0.3) is 0 Å². The van der Waals surface area contributed by atoms with Crippen LogP contribution in [-0.2, 0) is 19.6 Å². The third-order valence-electron chi connectivity index (χ3n) is 0.776. The average molecular weight is 202 g/mol. The Morgan fingerprint density at radius 1 is 1.83 bits per heavy atom. The van der Waals surface area contributed by atoms with Crippen molar-refractivity contribution in [2.45, 2.75) is 5.37 Å². The van der Waals surface area contributed by atoms with Crippen molar-refractivity contribution >= 4 is 16.1 Å². The normalized spacial score (nSPS) is 18.2. The van der Waals surface area contributed by atoms with E-state index >= 15 is 0 Å². The molecule has 70 valence electrons. The van der Waals surface area contributed by atoms with Crippen molar-refractivity contribution in [2.75, 3.05) is 7.04 Å². The Morgan fingerprint density at radius 3 is 2.58 bits per heavy atom. The minimum atomic E-state index is -5.36. The second kappa shape index (κ2) is 3.45. The summed E-state index contributed by atoms with van der Waals surface area (Å²) in [6, 6.07) is 0.